The topological polar surface area (TPSA) is 79.4 Å². The Morgan fingerprint density at radius 3 is 2.57 bits per heavy atom. The Hall–Kier alpha value is -2.41. The highest BCUT2D eigenvalue weighted by molar-refractivity contribution is 7.91. The number of nitrogens with zero attached hydrogens (tertiary/aromatic N) is 2. The van der Waals surface area contributed by atoms with Crippen LogP contribution in [-0.4, -0.2) is 36.9 Å². The van der Waals surface area contributed by atoms with Crippen molar-refractivity contribution in [3.8, 4) is 0 Å². The highest BCUT2D eigenvalue weighted by Gasteiger charge is 2.33. The average Bonchev–Trinajstić information content (AvgIpc) is 2.93. The molecule has 1 aliphatic heterocycles. The molecule has 2 heterocycles. The Bertz CT molecular complexity index is 779. The first-order valence-corrected chi connectivity index (χ1v) is 9.13. The van der Waals surface area contributed by atoms with E-state index in [4.69, 9.17) is 0 Å². The van der Waals surface area contributed by atoms with E-state index in [0.29, 0.717) is 12.0 Å². The highest BCUT2D eigenvalue weighted by Crippen LogP contribution is 2.22. The third-order valence-corrected chi connectivity index (χ3v) is 5.50. The molecule has 120 valence electrons. The Kier molecular flexibility index (Phi) is 4.29. The molecule has 0 bridgehead atoms. The standard InChI is InChI=1S/C16H17N3O3S/c20-16(13-5-4-9-17-11-13)18-19(14-6-2-1-3-7-14)15-8-10-23(21,22)12-15/h1-7,9,11,15H,8,10,12H2,(H,18,20)/t15-/m1/s1. The molecule has 0 radical (unpaired) electrons. The molecule has 1 fully saturated rings. The molecule has 1 N–H and O–H groups in total. The normalized spacial score (nSPS) is 19.2. The number of nitrogens with one attached hydrogen (secondary N) is 1. The first-order chi connectivity index (χ1) is 11.1. The van der Waals surface area contributed by atoms with E-state index in [0.717, 1.165) is 5.69 Å². The molecule has 1 aromatic carbocycles. The van der Waals surface area contributed by atoms with Gasteiger partial charge < -0.3 is 0 Å². The minimum absolute atomic E-state index is 0.0369. The van der Waals surface area contributed by atoms with Crippen molar-refractivity contribution < 1.29 is 13.2 Å². The molecule has 0 unspecified atom stereocenters. The van der Waals surface area contributed by atoms with Crippen molar-refractivity contribution in [3.05, 3.63) is 60.4 Å². The van der Waals surface area contributed by atoms with Crippen LogP contribution in [0.5, 0.6) is 0 Å². The van der Waals surface area contributed by atoms with E-state index in [-0.39, 0.29) is 23.5 Å². The number of sulfone groups is 1. The van der Waals surface area contributed by atoms with Gasteiger partial charge in [0, 0.05) is 12.4 Å². The van der Waals surface area contributed by atoms with Crippen LogP contribution in [0.3, 0.4) is 0 Å². The number of amides is 1. The highest BCUT2D eigenvalue weighted by atomic mass is 32.2. The molecule has 1 saturated heterocycles. The third kappa shape index (κ3) is 3.68. The van der Waals surface area contributed by atoms with Crippen LogP contribution < -0.4 is 10.4 Å². The van der Waals surface area contributed by atoms with Crippen LogP contribution in [0.25, 0.3) is 0 Å². The molecule has 1 aliphatic rings. The maximum absolute atomic E-state index is 12.4. The van der Waals surface area contributed by atoms with Crippen molar-refractivity contribution in [3.63, 3.8) is 0 Å². The summed E-state index contributed by atoms with van der Waals surface area (Å²) in [4.78, 5) is 16.3. The number of carbonyl (C=O) groups excluding carboxylic acids is 1. The summed E-state index contributed by atoms with van der Waals surface area (Å²) in [5.74, 6) is -0.134. The number of hydrogen-bond acceptors (Lipinski definition) is 5. The summed E-state index contributed by atoms with van der Waals surface area (Å²) in [7, 11) is -3.05. The second-order valence-corrected chi connectivity index (χ2v) is 7.67. The van der Waals surface area contributed by atoms with Gasteiger partial charge in [-0.05, 0) is 30.7 Å². The molecular weight excluding hydrogens is 314 g/mol. The Morgan fingerprint density at radius 2 is 1.96 bits per heavy atom. The first kappa shape index (κ1) is 15.5. The van der Waals surface area contributed by atoms with Gasteiger partial charge in [0.05, 0.1) is 28.8 Å². The minimum Gasteiger partial charge on any atom is -0.281 e. The Labute approximate surface area is 135 Å². The van der Waals surface area contributed by atoms with Crippen LogP contribution in [0.2, 0.25) is 0 Å². The van der Waals surface area contributed by atoms with E-state index in [1.807, 2.05) is 30.3 Å². The van der Waals surface area contributed by atoms with Crippen molar-refractivity contribution in [2.75, 3.05) is 16.5 Å². The maximum Gasteiger partial charge on any atom is 0.271 e. The predicted octanol–water partition coefficient (Wildman–Crippen LogP) is 1.42. The fourth-order valence-electron chi connectivity index (χ4n) is 2.61. The van der Waals surface area contributed by atoms with Crippen LogP contribution in [0.4, 0.5) is 5.69 Å². The molecule has 1 atom stereocenters. The van der Waals surface area contributed by atoms with Gasteiger partial charge in [-0.1, -0.05) is 18.2 Å². The largest absolute Gasteiger partial charge is 0.281 e. The summed E-state index contributed by atoms with van der Waals surface area (Å²) in [5, 5.41) is 1.65. The second kappa shape index (κ2) is 6.37. The molecule has 1 amide bonds. The molecule has 0 saturated carbocycles. The fraction of sp³-hybridized carbons (Fsp3) is 0.250. The van der Waals surface area contributed by atoms with Gasteiger partial charge in [-0.15, -0.1) is 0 Å². The number of para-hydroxylation sites is 1. The number of pyridine rings is 1. The summed E-state index contributed by atoms with van der Waals surface area (Å²) in [6, 6.07) is 12.3. The van der Waals surface area contributed by atoms with Crippen LogP contribution in [0, 0.1) is 0 Å². The fourth-order valence-corrected chi connectivity index (χ4v) is 4.31. The predicted molar refractivity (Wildman–Crippen MR) is 87.7 cm³/mol. The summed E-state index contributed by atoms with van der Waals surface area (Å²) in [6.07, 6.45) is 3.56. The monoisotopic (exact) mass is 331 g/mol. The summed E-state index contributed by atoms with van der Waals surface area (Å²) in [6.45, 7) is 0. The number of benzene rings is 1. The van der Waals surface area contributed by atoms with E-state index in [1.165, 1.54) is 6.20 Å². The van der Waals surface area contributed by atoms with Gasteiger partial charge >= 0.3 is 0 Å². The molecular formula is C16H17N3O3S. The zero-order valence-corrected chi connectivity index (χ0v) is 13.2. The van der Waals surface area contributed by atoms with Crippen LogP contribution >= 0.6 is 0 Å². The quantitative estimate of drug-likeness (QED) is 0.857. The summed E-state index contributed by atoms with van der Waals surface area (Å²) < 4.78 is 23.6. The van der Waals surface area contributed by atoms with E-state index in [2.05, 4.69) is 10.4 Å². The lowest BCUT2D eigenvalue weighted by Crippen LogP contribution is -2.49. The number of rotatable bonds is 4. The average molecular weight is 331 g/mol. The van der Waals surface area contributed by atoms with Gasteiger partial charge in [-0.2, -0.15) is 0 Å². The maximum atomic E-state index is 12.4. The number of aromatic nitrogens is 1. The lowest BCUT2D eigenvalue weighted by Gasteiger charge is -2.30. The van der Waals surface area contributed by atoms with E-state index in [1.54, 1.807) is 23.3 Å². The number of anilines is 1. The van der Waals surface area contributed by atoms with Crippen LogP contribution in [-0.2, 0) is 9.84 Å². The zero-order chi connectivity index (χ0) is 16.3. The molecule has 0 spiro atoms. The molecule has 1 aromatic heterocycles. The summed E-state index contributed by atoms with van der Waals surface area (Å²) >= 11 is 0. The van der Waals surface area contributed by atoms with Gasteiger partial charge in [0.1, 0.15) is 0 Å². The van der Waals surface area contributed by atoms with Crippen molar-refractivity contribution in [2.45, 2.75) is 12.5 Å². The van der Waals surface area contributed by atoms with Crippen molar-refractivity contribution >= 4 is 21.4 Å². The number of hydrazine groups is 1. The smallest absolute Gasteiger partial charge is 0.271 e. The second-order valence-electron chi connectivity index (χ2n) is 5.45. The van der Waals surface area contributed by atoms with Crippen molar-refractivity contribution in [2.24, 2.45) is 0 Å². The van der Waals surface area contributed by atoms with E-state index < -0.39 is 9.84 Å². The lowest BCUT2D eigenvalue weighted by atomic mass is 10.2. The minimum atomic E-state index is -3.05. The molecule has 23 heavy (non-hydrogen) atoms. The van der Waals surface area contributed by atoms with Gasteiger partial charge in [0.25, 0.3) is 5.91 Å². The van der Waals surface area contributed by atoms with Crippen molar-refractivity contribution in [1.29, 1.82) is 0 Å². The Morgan fingerprint density at radius 1 is 1.17 bits per heavy atom. The van der Waals surface area contributed by atoms with Crippen molar-refractivity contribution in [1.82, 2.24) is 10.4 Å². The van der Waals surface area contributed by atoms with Crippen LogP contribution in [0.1, 0.15) is 16.8 Å². The molecule has 2 aromatic rings. The van der Waals surface area contributed by atoms with Gasteiger partial charge in [0.2, 0.25) is 0 Å². The molecule has 3 rings (SSSR count). The van der Waals surface area contributed by atoms with E-state index in [9.17, 15) is 13.2 Å². The zero-order valence-electron chi connectivity index (χ0n) is 12.4. The third-order valence-electron chi connectivity index (χ3n) is 3.75. The van der Waals surface area contributed by atoms with Gasteiger partial charge in [0.15, 0.2) is 9.84 Å². The van der Waals surface area contributed by atoms with Crippen LogP contribution in [0.15, 0.2) is 54.9 Å². The number of hydrogen-bond donors (Lipinski definition) is 1. The van der Waals surface area contributed by atoms with Gasteiger partial charge in [-0.25, -0.2) is 8.42 Å². The first-order valence-electron chi connectivity index (χ1n) is 7.31. The van der Waals surface area contributed by atoms with E-state index >= 15 is 0 Å². The lowest BCUT2D eigenvalue weighted by molar-refractivity contribution is 0.0944. The molecule has 0 aliphatic carbocycles. The molecule has 6 nitrogen and oxygen atoms in total. The molecule has 7 heteroatoms. The Balaban J connectivity index is 1.86. The summed E-state index contributed by atoms with van der Waals surface area (Å²) in [5.41, 5.74) is 4.00. The number of carbonyl (C=O) groups is 1. The SMILES string of the molecule is O=C(NN(c1ccccc1)[C@@H]1CCS(=O)(=O)C1)c1cccnc1. The van der Waals surface area contributed by atoms with Gasteiger partial charge in [-0.3, -0.25) is 20.2 Å².